The van der Waals surface area contributed by atoms with Crippen molar-refractivity contribution >= 4 is 33.1 Å². The summed E-state index contributed by atoms with van der Waals surface area (Å²) in [5.74, 6) is 2.25. The molecule has 0 aliphatic rings. The Morgan fingerprint density at radius 3 is 2.79 bits per heavy atom. The van der Waals surface area contributed by atoms with Crippen molar-refractivity contribution in [1.29, 1.82) is 0 Å². The van der Waals surface area contributed by atoms with E-state index < -0.39 is 0 Å². The highest BCUT2D eigenvalue weighted by Crippen LogP contribution is 2.35. The topological polar surface area (TPSA) is 72.1 Å². The molecule has 0 aliphatic carbocycles. The van der Waals surface area contributed by atoms with E-state index in [1.54, 1.807) is 7.05 Å². The standard InChI is InChI=1S/C13H14N4OS/c1-5-6-17(4)13(18)11-10(14)9-7(2)8(3)15-16-12(9)19-11/h1H,6,14H2,2-4H3. The molecule has 2 aromatic rings. The van der Waals surface area contributed by atoms with Gasteiger partial charge in [0.1, 0.15) is 9.71 Å². The maximum absolute atomic E-state index is 12.2. The lowest BCUT2D eigenvalue weighted by Crippen LogP contribution is -2.26. The zero-order valence-electron chi connectivity index (χ0n) is 11.0. The molecule has 0 aromatic carbocycles. The van der Waals surface area contributed by atoms with E-state index in [1.165, 1.54) is 16.2 Å². The molecule has 0 spiro atoms. The van der Waals surface area contributed by atoms with E-state index in [0.29, 0.717) is 15.4 Å². The summed E-state index contributed by atoms with van der Waals surface area (Å²) < 4.78 is 0. The molecule has 2 rings (SSSR count). The van der Waals surface area contributed by atoms with Gasteiger partial charge in [-0.05, 0) is 19.4 Å². The van der Waals surface area contributed by atoms with Crippen LogP contribution in [-0.4, -0.2) is 34.6 Å². The Hall–Kier alpha value is -2.13. The minimum absolute atomic E-state index is 0.185. The lowest BCUT2D eigenvalue weighted by molar-refractivity contribution is 0.0818. The van der Waals surface area contributed by atoms with Gasteiger partial charge in [0.05, 0.1) is 17.9 Å². The molecular formula is C13H14N4OS. The maximum atomic E-state index is 12.2. The molecule has 2 N–H and O–H groups in total. The number of thiophene rings is 1. The van der Waals surface area contributed by atoms with Gasteiger partial charge in [0.15, 0.2) is 0 Å². The van der Waals surface area contributed by atoms with Crippen LogP contribution >= 0.6 is 11.3 Å². The van der Waals surface area contributed by atoms with E-state index >= 15 is 0 Å². The molecule has 0 saturated heterocycles. The average molecular weight is 274 g/mol. The van der Waals surface area contributed by atoms with Crippen LogP contribution in [0.3, 0.4) is 0 Å². The number of terminal acetylenes is 1. The van der Waals surface area contributed by atoms with Crippen molar-refractivity contribution in [2.75, 3.05) is 19.3 Å². The van der Waals surface area contributed by atoms with Crippen LogP contribution in [0.25, 0.3) is 10.2 Å². The van der Waals surface area contributed by atoms with Gasteiger partial charge in [-0.25, -0.2) is 0 Å². The number of fused-ring (bicyclic) bond motifs is 1. The van der Waals surface area contributed by atoms with Gasteiger partial charge in [-0.3, -0.25) is 4.79 Å². The summed E-state index contributed by atoms with van der Waals surface area (Å²) in [5.41, 5.74) is 8.32. The van der Waals surface area contributed by atoms with Gasteiger partial charge in [0.2, 0.25) is 0 Å². The van der Waals surface area contributed by atoms with Gasteiger partial charge in [-0.15, -0.1) is 22.9 Å². The number of rotatable bonds is 2. The van der Waals surface area contributed by atoms with Crippen molar-refractivity contribution in [1.82, 2.24) is 15.1 Å². The largest absolute Gasteiger partial charge is 0.397 e. The Labute approximate surface area is 115 Å². The maximum Gasteiger partial charge on any atom is 0.266 e. The molecule has 0 saturated carbocycles. The zero-order valence-corrected chi connectivity index (χ0v) is 11.8. The lowest BCUT2D eigenvalue weighted by Gasteiger charge is -2.12. The Bertz CT molecular complexity index is 699. The summed E-state index contributed by atoms with van der Waals surface area (Å²) in [4.78, 5) is 14.8. The van der Waals surface area contributed by atoms with E-state index in [0.717, 1.165) is 16.6 Å². The predicted molar refractivity (Wildman–Crippen MR) is 77.1 cm³/mol. The van der Waals surface area contributed by atoms with E-state index in [1.807, 2.05) is 13.8 Å². The summed E-state index contributed by atoms with van der Waals surface area (Å²) in [6, 6.07) is 0. The Morgan fingerprint density at radius 1 is 1.47 bits per heavy atom. The van der Waals surface area contributed by atoms with Crippen molar-refractivity contribution in [2.24, 2.45) is 0 Å². The first-order chi connectivity index (χ1) is 8.97. The second kappa shape index (κ2) is 4.86. The first-order valence-corrected chi connectivity index (χ1v) is 6.49. The number of aryl methyl sites for hydroxylation is 2. The summed E-state index contributed by atoms with van der Waals surface area (Å²) in [6.45, 7) is 4.04. The summed E-state index contributed by atoms with van der Waals surface area (Å²) >= 11 is 1.25. The fraction of sp³-hybridized carbons (Fsp3) is 0.308. The van der Waals surface area contributed by atoms with Crippen LogP contribution in [0.5, 0.6) is 0 Å². The summed E-state index contributed by atoms with van der Waals surface area (Å²) in [5, 5.41) is 8.95. The van der Waals surface area contributed by atoms with E-state index in [2.05, 4.69) is 16.1 Å². The average Bonchev–Trinajstić information content (AvgIpc) is 2.71. The number of nitrogen functional groups attached to an aromatic ring is 1. The highest BCUT2D eigenvalue weighted by atomic mass is 32.1. The molecule has 0 bridgehead atoms. The molecule has 2 aromatic heterocycles. The number of hydrogen-bond donors (Lipinski definition) is 1. The molecular weight excluding hydrogens is 260 g/mol. The van der Waals surface area contributed by atoms with Crippen LogP contribution in [0.1, 0.15) is 20.9 Å². The molecule has 0 fully saturated rings. The normalized spacial score (nSPS) is 10.4. The van der Waals surface area contributed by atoms with Crippen LogP contribution in [0.2, 0.25) is 0 Å². The number of nitrogens with zero attached hydrogens (tertiary/aromatic N) is 3. The number of nitrogens with two attached hydrogens (primary N) is 1. The van der Waals surface area contributed by atoms with Crippen molar-refractivity contribution in [3.8, 4) is 12.3 Å². The summed E-state index contributed by atoms with van der Waals surface area (Å²) in [7, 11) is 1.65. The van der Waals surface area contributed by atoms with Crippen LogP contribution < -0.4 is 5.73 Å². The highest BCUT2D eigenvalue weighted by Gasteiger charge is 2.21. The number of hydrogen-bond acceptors (Lipinski definition) is 5. The number of amides is 1. The predicted octanol–water partition coefficient (Wildman–Crippen LogP) is 1.60. The number of aromatic nitrogens is 2. The molecule has 0 aliphatic heterocycles. The monoisotopic (exact) mass is 274 g/mol. The molecule has 2 heterocycles. The second-order valence-corrected chi connectivity index (χ2v) is 5.30. The first kappa shape index (κ1) is 13.3. The fourth-order valence-corrected chi connectivity index (χ4v) is 2.88. The molecule has 19 heavy (non-hydrogen) atoms. The third kappa shape index (κ3) is 2.13. The minimum atomic E-state index is -0.185. The van der Waals surface area contributed by atoms with Crippen molar-refractivity contribution in [2.45, 2.75) is 13.8 Å². The Balaban J connectivity index is 2.58. The van der Waals surface area contributed by atoms with Crippen LogP contribution in [0, 0.1) is 26.2 Å². The van der Waals surface area contributed by atoms with Crippen LogP contribution in [-0.2, 0) is 0 Å². The zero-order chi connectivity index (χ0) is 14.2. The molecule has 6 heteroatoms. The Morgan fingerprint density at radius 2 is 2.16 bits per heavy atom. The van der Waals surface area contributed by atoms with E-state index in [4.69, 9.17) is 12.2 Å². The fourth-order valence-electron chi connectivity index (χ4n) is 1.78. The number of anilines is 1. The lowest BCUT2D eigenvalue weighted by atomic mass is 10.1. The molecule has 1 amide bonds. The second-order valence-electron chi connectivity index (χ2n) is 4.30. The molecule has 5 nitrogen and oxygen atoms in total. The molecule has 0 radical (unpaired) electrons. The third-order valence-corrected chi connectivity index (χ3v) is 4.08. The van der Waals surface area contributed by atoms with E-state index in [9.17, 15) is 4.79 Å². The molecule has 98 valence electrons. The first-order valence-electron chi connectivity index (χ1n) is 5.68. The van der Waals surface area contributed by atoms with Gasteiger partial charge in [0, 0.05) is 12.4 Å². The SMILES string of the molecule is C#CCN(C)C(=O)c1sc2nnc(C)c(C)c2c1N. The van der Waals surface area contributed by atoms with Gasteiger partial charge in [-0.1, -0.05) is 5.92 Å². The van der Waals surface area contributed by atoms with Crippen LogP contribution in [0.4, 0.5) is 5.69 Å². The molecule has 0 atom stereocenters. The quantitative estimate of drug-likeness (QED) is 0.844. The van der Waals surface area contributed by atoms with Crippen LogP contribution in [0.15, 0.2) is 0 Å². The smallest absolute Gasteiger partial charge is 0.266 e. The van der Waals surface area contributed by atoms with Crippen molar-refractivity contribution < 1.29 is 4.79 Å². The highest BCUT2D eigenvalue weighted by molar-refractivity contribution is 7.21. The van der Waals surface area contributed by atoms with Crippen molar-refractivity contribution in [3.63, 3.8) is 0 Å². The number of carbonyl (C=O) groups excluding carboxylic acids is 1. The van der Waals surface area contributed by atoms with Crippen molar-refractivity contribution in [3.05, 3.63) is 16.1 Å². The van der Waals surface area contributed by atoms with Gasteiger partial charge in [-0.2, -0.15) is 5.10 Å². The minimum Gasteiger partial charge on any atom is -0.397 e. The summed E-state index contributed by atoms with van der Waals surface area (Å²) in [6.07, 6.45) is 5.21. The van der Waals surface area contributed by atoms with Gasteiger partial charge in [0.25, 0.3) is 5.91 Å². The van der Waals surface area contributed by atoms with Gasteiger partial charge >= 0.3 is 0 Å². The number of carbonyl (C=O) groups is 1. The molecule has 0 unspecified atom stereocenters. The third-order valence-electron chi connectivity index (χ3n) is 3.00. The Kier molecular flexibility index (Phi) is 3.40. The van der Waals surface area contributed by atoms with Gasteiger partial charge < -0.3 is 10.6 Å². The van der Waals surface area contributed by atoms with E-state index in [-0.39, 0.29) is 12.5 Å².